The lowest BCUT2D eigenvalue weighted by atomic mass is 10.0. The van der Waals surface area contributed by atoms with Gasteiger partial charge in [-0.05, 0) is 43.9 Å². The van der Waals surface area contributed by atoms with Crippen molar-refractivity contribution in [1.29, 1.82) is 0 Å². The molecule has 15 heavy (non-hydrogen) atoms. The summed E-state index contributed by atoms with van der Waals surface area (Å²) in [5.74, 6) is 0.869. The van der Waals surface area contributed by atoms with E-state index in [1.54, 1.807) is 6.92 Å². The molecule has 2 fully saturated rings. The molecule has 0 aliphatic heterocycles. The Morgan fingerprint density at radius 3 is 2.67 bits per heavy atom. The van der Waals surface area contributed by atoms with Gasteiger partial charge in [-0.2, -0.15) is 0 Å². The van der Waals surface area contributed by atoms with Gasteiger partial charge >= 0.3 is 6.03 Å². The maximum Gasteiger partial charge on any atom is 0.315 e. The average molecular weight is 212 g/mol. The van der Waals surface area contributed by atoms with Crippen LogP contribution in [-0.4, -0.2) is 30.3 Å². The summed E-state index contributed by atoms with van der Waals surface area (Å²) in [6, 6.07) is -0.315. The summed E-state index contributed by atoms with van der Waals surface area (Å²) in [6.45, 7) is 2.58. The fraction of sp³-hybridized carbons (Fsp3) is 0.909. The summed E-state index contributed by atoms with van der Waals surface area (Å²) >= 11 is 0. The Kier molecular flexibility index (Phi) is 2.87. The third-order valence-electron chi connectivity index (χ3n) is 3.59. The number of hydrogen-bond donors (Lipinski definition) is 3. The molecular weight excluding hydrogens is 192 g/mol. The molecule has 2 amide bonds. The third kappa shape index (κ3) is 2.62. The van der Waals surface area contributed by atoms with Crippen LogP contribution in [0.2, 0.25) is 0 Å². The average Bonchev–Trinajstić information content (AvgIpc) is 3.04. The standard InChI is InChI=1S/C11H20N2O2/c1-8(6-14)13-10(15)12-7-11(4-5-11)9-2-3-9/h8-9,14H,2-7H2,1H3,(H2,12,13,15)/t8-/m0/s1. The summed E-state index contributed by atoms with van der Waals surface area (Å²) in [5.41, 5.74) is 0.444. The van der Waals surface area contributed by atoms with Crippen LogP contribution in [0, 0.1) is 11.3 Å². The number of carbonyl (C=O) groups is 1. The van der Waals surface area contributed by atoms with Gasteiger partial charge in [0.1, 0.15) is 0 Å². The molecule has 0 bridgehead atoms. The predicted molar refractivity (Wildman–Crippen MR) is 57.5 cm³/mol. The Labute approximate surface area is 90.4 Å². The van der Waals surface area contributed by atoms with Crippen molar-refractivity contribution in [3.05, 3.63) is 0 Å². The first kappa shape index (κ1) is 10.7. The van der Waals surface area contributed by atoms with Gasteiger partial charge in [-0.1, -0.05) is 0 Å². The summed E-state index contributed by atoms with van der Waals surface area (Å²) in [7, 11) is 0. The monoisotopic (exact) mass is 212 g/mol. The Balaban J connectivity index is 1.67. The maximum atomic E-state index is 11.4. The van der Waals surface area contributed by atoms with Crippen LogP contribution in [0.5, 0.6) is 0 Å². The van der Waals surface area contributed by atoms with E-state index < -0.39 is 0 Å². The van der Waals surface area contributed by atoms with Crippen LogP contribution < -0.4 is 10.6 Å². The van der Waals surface area contributed by atoms with E-state index in [1.807, 2.05) is 0 Å². The molecule has 4 heteroatoms. The quantitative estimate of drug-likeness (QED) is 0.633. The van der Waals surface area contributed by atoms with E-state index in [0.717, 1.165) is 12.5 Å². The van der Waals surface area contributed by atoms with Crippen molar-refractivity contribution in [3.8, 4) is 0 Å². The number of aliphatic hydroxyl groups is 1. The second kappa shape index (κ2) is 4.00. The number of rotatable bonds is 5. The molecular formula is C11H20N2O2. The molecule has 0 unspecified atom stereocenters. The van der Waals surface area contributed by atoms with E-state index in [-0.39, 0.29) is 18.7 Å². The second-order valence-electron chi connectivity index (χ2n) is 5.05. The topological polar surface area (TPSA) is 61.4 Å². The molecule has 0 radical (unpaired) electrons. The highest BCUT2D eigenvalue weighted by atomic mass is 16.3. The first-order valence-corrected chi connectivity index (χ1v) is 5.81. The Hall–Kier alpha value is -0.770. The van der Waals surface area contributed by atoms with Crippen molar-refractivity contribution in [2.24, 2.45) is 11.3 Å². The van der Waals surface area contributed by atoms with Crippen molar-refractivity contribution < 1.29 is 9.90 Å². The number of carbonyl (C=O) groups excluding carboxylic acids is 1. The Bertz CT molecular complexity index is 247. The van der Waals surface area contributed by atoms with Gasteiger partial charge in [-0.3, -0.25) is 0 Å². The van der Waals surface area contributed by atoms with Crippen molar-refractivity contribution in [2.45, 2.75) is 38.6 Å². The smallest absolute Gasteiger partial charge is 0.315 e. The van der Waals surface area contributed by atoms with Crippen LogP contribution in [0.4, 0.5) is 4.79 Å². The van der Waals surface area contributed by atoms with E-state index in [0.29, 0.717) is 5.41 Å². The van der Waals surface area contributed by atoms with Gasteiger partial charge in [0.2, 0.25) is 0 Å². The zero-order chi connectivity index (χ0) is 10.9. The molecule has 1 atom stereocenters. The van der Waals surface area contributed by atoms with Crippen LogP contribution in [0.3, 0.4) is 0 Å². The number of urea groups is 1. The molecule has 0 aromatic rings. The molecule has 2 rings (SSSR count). The highest BCUT2D eigenvalue weighted by Crippen LogP contribution is 2.60. The van der Waals surface area contributed by atoms with Crippen LogP contribution in [0.1, 0.15) is 32.6 Å². The van der Waals surface area contributed by atoms with Gasteiger partial charge in [-0.25, -0.2) is 4.79 Å². The molecule has 0 heterocycles. The molecule has 2 saturated carbocycles. The SMILES string of the molecule is C[C@@H](CO)NC(=O)NCC1(C2CC2)CC1. The van der Waals surface area contributed by atoms with Crippen LogP contribution in [0.15, 0.2) is 0 Å². The molecule has 2 aliphatic rings. The van der Waals surface area contributed by atoms with Crippen molar-refractivity contribution >= 4 is 6.03 Å². The molecule has 0 aromatic carbocycles. The van der Waals surface area contributed by atoms with E-state index in [1.165, 1.54) is 25.7 Å². The number of hydrogen-bond acceptors (Lipinski definition) is 2. The van der Waals surface area contributed by atoms with Crippen LogP contribution >= 0.6 is 0 Å². The van der Waals surface area contributed by atoms with E-state index in [2.05, 4.69) is 10.6 Å². The van der Waals surface area contributed by atoms with Crippen molar-refractivity contribution in [2.75, 3.05) is 13.2 Å². The van der Waals surface area contributed by atoms with E-state index in [4.69, 9.17) is 5.11 Å². The first-order valence-electron chi connectivity index (χ1n) is 5.81. The highest BCUT2D eigenvalue weighted by Gasteiger charge is 2.53. The van der Waals surface area contributed by atoms with Gasteiger partial charge in [-0.15, -0.1) is 0 Å². The largest absolute Gasteiger partial charge is 0.394 e. The molecule has 86 valence electrons. The number of nitrogens with one attached hydrogen (secondary N) is 2. The zero-order valence-corrected chi connectivity index (χ0v) is 9.25. The minimum Gasteiger partial charge on any atom is -0.394 e. The first-order chi connectivity index (χ1) is 7.16. The molecule has 0 aromatic heterocycles. The van der Waals surface area contributed by atoms with Crippen molar-refractivity contribution in [3.63, 3.8) is 0 Å². The van der Waals surface area contributed by atoms with Gasteiger partial charge in [0.25, 0.3) is 0 Å². The number of aliphatic hydroxyl groups excluding tert-OH is 1. The third-order valence-corrected chi connectivity index (χ3v) is 3.59. The fourth-order valence-electron chi connectivity index (χ4n) is 2.16. The lowest BCUT2D eigenvalue weighted by molar-refractivity contribution is 0.217. The second-order valence-corrected chi connectivity index (χ2v) is 5.05. The van der Waals surface area contributed by atoms with E-state index in [9.17, 15) is 4.79 Å². The predicted octanol–water partition coefficient (Wildman–Crippen LogP) is 0.857. The summed E-state index contributed by atoms with van der Waals surface area (Å²) in [6.07, 6.45) is 5.23. The van der Waals surface area contributed by atoms with E-state index >= 15 is 0 Å². The van der Waals surface area contributed by atoms with Gasteiger partial charge < -0.3 is 15.7 Å². The van der Waals surface area contributed by atoms with Crippen LogP contribution in [0.25, 0.3) is 0 Å². The normalized spacial score (nSPS) is 24.4. The van der Waals surface area contributed by atoms with Gasteiger partial charge in [0.05, 0.1) is 12.6 Å². The fourth-order valence-corrected chi connectivity index (χ4v) is 2.16. The highest BCUT2D eigenvalue weighted by molar-refractivity contribution is 5.74. The molecule has 0 saturated heterocycles. The zero-order valence-electron chi connectivity index (χ0n) is 9.25. The Morgan fingerprint density at radius 1 is 1.53 bits per heavy atom. The summed E-state index contributed by atoms with van der Waals surface area (Å²) in [5, 5.41) is 14.4. The molecule has 4 nitrogen and oxygen atoms in total. The molecule has 2 aliphatic carbocycles. The van der Waals surface area contributed by atoms with Gasteiger partial charge in [0.15, 0.2) is 0 Å². The maximum absolute atomic E-state index is 11.4. The number of amides is 2. The molecule has 3 N–H and O–H groups in total. The van der Waals surface area contributed by atoms with Gasteiger partial charge in [0, 0.05) is 6.54 Å². The summed E-state index contributed by atoms with van der Waals surface area (Å²) < 4.78 is 0. The lowest BCUT2D eigenvalue weighted by Gasteiger charge is -2.17. The minimum absolute atomic E-state index is 0.0127. The lowest BCUT2D eigenvalue weighted by Crippen LogP contribution is -2.44. The Morgan fingerprint density at radius 2 is 2.20 bits per heavy atom. The van der Waals surface area contributed by atoms with Crippen LogP contribution in [-0.2, 0) is 0 Å². The minimum atomic E-state index is -0.166. The summed E-state index contributed by atoms with van der Waals surface area (Å²) in [4.78, 5) is 11.4. The van der Waals surface area contributed by atoms with Crippen molar-refractivity contribution in [1.82, 2.24) is 10.6 Å². The molecule has 0 spiro atoms.